The molecule has 1 fully saturated rings. The topological polar surface area (TPSA) is 78.8 Å². The van der Waals surface area contributed by atoms with Crippen LogP contribution in [0.15, 0.2) is 54.7 Å². The molecule has 3 aromatic rings. The number of carbonyl (C=O) groups is 2. The van der Waals surface area contributed by atoms with Gasteiger partial charge in [0.15, 0.2) is 5.79 Å². The molecular formula is C25H24N2O5. The number of benzene rings is 2. The Morgan fingerprint density at radius 3 is 2.47 bits per heavy atom. The van der Waals surface area contributed by atoms with Gasteiger partial charge in [-0.05, 0) is 26.0 Å². The van der Waals surface area contributed by atoms with Crippen LogP contribution in [0.2, 0.25) is 0 Å². The van der Waals surface area contributed by atoms with E-state index in [0.29, 0.717) is 34.6 Å². The highest BCUT2D eigenvalue weighted by Gasteiger charge is 2.36. The average molecular weight is 432 g/mol. The Labute approximate surface area is 185 Å². The quantitative estimate of drug-likeness (QED) is 0.626. The van der Waals surface area contributed by atoms with E-state index in [1.165, 1.54) is 0 Å². The molecule has 1 atom stereocenters. The van der Waals surface area contributed by atoms with Crippen LogP contribution in [0.4, 0.5) is 0 Å². The molecule has 2 aliphatic rings. The van der Waals surface area contributed by atoms with E-state index in [-0.39, 0.29) is 12.7 Å². The number of nitrogens with one attached hydrogen (secondary N) is 1. The second-order valence-corrected chi connectivity index (χ2v) is 8.46. The lowest BCUT2D eigenvalue weighted by Gasteiger charge is -2.18. The van der Waals surface area contributed by atoms with Gasteiger partial charge in [-0.2, -0.15) is 0 Å². The minimum atomic E-state index is -0.643. The molecule has 0 saturated carbocycles. The predicted octanol–water partition coefficient (Wildman–Crippen LogP) is 3.28. The SMILES string of the molecule is Cn1cc(C2=C(c3ccccc3OCC3COC(C)(C)O3)C(=O)NC2=O)c2ccccc21. The first-order valence-corrected chi connectivity index (χ1v) is 10.5. The molecule has 0 spiro atoms. The molecule has 2 aliphatic heterocycles. The molecule has 1 saturated heterocycles. The summed E-state index contributed by atoms with van der Waals surface area (Å²) in [5, 5.41) is 3.37. The summed E-state index contributed by atoms with van der Waals surface area (Å²) < 4.78 is 19.4. The van der Waals surface area contributed by atoms with Gasteiger partial charge >= 0.3 is 0 Å². The first-order valence-electron chi connectivity index (χ1n) is 10.5. The van der Waals surface area contributed by atoms with Crippen molar-refractivity contribution in [2.75, 3.05) is 13.2 Å². The lowest BCUT2D eigenvalue weighted by molar-refractivity contribution is -0.141. The maximum absolute atomic E-state index is 12.9. The average Bonchev–Trinajstić information content (AvgIpc) is 3.39. The maximum Gasteiger partial charge on any atom is 0.259 e. The number of rotatable bonds is 5. The molecule has 32 heavy (non-hydrogen) atoms. The van der Waals surface area contributed by atoms with E-state index in [2.05, 4.69) is 5.32 Å². The Morgan fingerprint density at radius 2 is 1.72 bits per heavy atom. The third-order valence-corrected chi connectivity index (χ3v) is 5.75. The van der Waals surface area contributed by atoms with Crippen molar-refractivity contribution in [3.05, 3.63) is 65.9 Å². The standard InChI is InChI=1S/C25H24N2O5/c1-25(2)31-14-15(32-25)13-30-20-11-7-5-9-17(20)21-22(24(29)26-23(21)28)18-12-27(3)19-10-6-4-8-16(18)19/h4-12,15H,13-14H2,1-3H3,(H,26,28,29). The molecule has 0 radical (unpaired) electrons. The zero-order valence-corrected chi connectivity index (χ0v) is 18.2. The van der Waals surface area contributed by atoms with Crippen LogP contribution in [-0.4, -0.2) is 41.5 Å². The van der Waals surface area contributed by atoms with E-state index >= 15 is 0 Å². The van der Waals surface area contributed by atoms with Crippen LogP contribution in [0, 0.1) is 0 Å². The van der Waals surface area contributed by atoms with Gasteiger partial charge in [-0.15, -0.1) is 0 Å². The zero-order valence-electron chi connectivity index (χ0n) is 18.2. The van der Waals surface area contributed by atoms with Gasteiger partial charge in [-0.1, -0.05) is 36.4 Å². The molecule has 7 heteroatoms. The van der Waals surface area contributed by atoms with Crippen LogP contribution in [-0.2, 0) is 26.1 Å². The molecule has 2 aromatic carbocycles. The lowest BCUT2D eigenvalue weighted by Crippen LogP contribution is -2.25. The van der Waals surface area contributed by atoms with Crippen molar-refractivity contribution < 1.29 is 23.8 Å². The highest BCUT2D eigenvalue weighted by atomic mass is 16.7. The second-order valence-electron chi connectivity index (χ2n) is 8.46. The summed E-state index contributed by atoms with van der Waals surface area (Å²) in [6.45, 7) is 4.42. The number of amides is 2. The fraction of sp³-hybridized carbons (Fsp3) is 0.280. The van der Waals surface area contributed by atoms with Crippen molar-refractivity contribution >= 4 is 33.9 Å². The molecule has 1 aromatic heterocycles. The van der Waals surface area contributed by atoms with Crippen LogP contribution in [0.3, 0.4) is 0 Å². The maximum atomic E-state index is 12.9. The number of aromatic nitrogens is 1. The Morgan fingerprint density at radius 1 is 1.03 bits per heavy atom. The molecule has 3 heterocycles. The third-order valence-electron chi connectivity index (χ3n) is 5.75. The third kappa shape index (κ3) is 3.49. The van der Waals surface area contributed by atoms with E-state index in [9.17, 15) is 9.59 Å². The van der Waals surface area contributed by atoms with Gasteiger partial charge in [-0.3, -0.25) is 14.9 Å². The summed E-state index contributed by atoms with van der Waals surface area (Å²) in [5.41, 5.74) is 2.92. The summed E-state index contributed by atoms with van der Waals surface area (Å²) in [4.78, 5) is 25.8. The van der Waals surface area contributed by atoms with Crippen molar-refractivity contribution in [1.82, 2.24) is 9.88 Å². The van der Waals surface area contributed by atoms with Crippen molar-refractivity contribution in [3.63, 3.8) is 0 Å². The first-order chi connectivity index (χ1) is 15.3. The summed E-state index contributed by atoms with van der Waals surface area (Å²) in [5.74, 6) is -0.977. The van der Waals surface area contributed by atoms with Crippen molar-refractivity contribution in [1.29, 1.82) is 0 Å². The van der Waals surface area contributed by atoms with Crippen molar-refractivity contribution in [2.24, 2.45) is 7.05 Å². The Balaban J connectivity index is 1.57. The van der Waals surface area contributed by atoms with Gasteiger partial charge in [0.25, 0.3) is 11.8 Å². The number of para-hydroxylation sites is 2. The van der Waals surface area contributed by atoms with Crippen LogP contribution < -0.4 is 10.1 Å². The van der Waals surface area contributed by atoms with Gasteiger partial charge < -0.3 is 18.8 Å². The summed E-state index contributed by atoms with van der Waals surface area (Å²) in [7, 11) is 1.92. The number of nitrogens with zero attached hydrogens (tertiary/aromatic N) is 1. The fourth-order valence-corrected chi connectivity index (χ4v) is 4.34. The van der Waals surface area contributed by atoms with E-state index in [4.69, 9.17) is 14.2 Å². The van der Waals surface area contributed by atoms with Gasteiger partial charge in [0.2, 0.25) is 0 Å². The monoisotopic (exact) mass is 432 g/mol. The summed E-state index contributed by atoms with van der Waals surface area (Å²) in [6, 6.07) is 15.0. The van der Waals surface area contributed by atoms with Crippen LogP contribution >= 0.6 is 0 Å². The molecule has 7 nitrogen and oxygen atoms in total. The Kier molecular flexibility index (Phi) is 4.87. The second kappa shape index (κ2) is 7.62. The van der Waals surface area contributed by atoms with Crippen molar-refractivity contribution in [3.8, 4) is 5.75 Å². The van der Waals surface area contributed by atoms with Crippen LogP contribution in [0.25, 0.3) is 22.0 Å². The number of carbonyl (C=O) groups excluding carboxylic acids is 2. The zero-order chi connectivity index (χ0) is 22.5. The predicted molar refractivity (Wildman–Crippen MR) is 120 cm³/mol. The lowest BCUT2D eigenvalue weighted by atomic mass is 9.95. The van der Waals surface area contributed by atoms with Gasteiger partial charge in [0.1, 0.15) is 18.5 Å². The number of ether oxygens (including phenoxy) is 3. The highest BCUT2D eigenvalue weighted by molar-refractivity contribution is 6.50. The minimum absolute atomic E-state index is 0.219. The Hall–Kier alpha value is -3.42. The molecular weight excluding hydrogens is 408 g/mol. The highest BCUT2D eigenvalue weighted by Crippen LogP contribution is 2.38. The summed E-state index contributed by atoms with van der Waals surface area (Å²) >= 11 is 0. The van der Waals surface area contributed by atoms with Gasteiger partial charge in [0, 0.05) is 35.3 Å². The fourth-order valence-electron chi connectivity index (χ4n) is 4.34. The molecule has 0 aliphatic carbocycles. The minimum Gasteiger partial charge on any atom is -0.490 e. The smallest absolute Gasteiger partial charge is 0.259 e. The number of hydrogen-bond acceptors (Lipinski definition) is 5. The number of hydrogen-bond donors (Lipinski definition) is 1. The molecule has 1 N–H and O–H groups in total. The van der Waals surface area contributed by atoms with Gasteiger partial charge in [0.05, 0.1) is 17.8 Å². The largest absolute Gasteiger partial charge is 0.490 e. The number of fused-ring (bicyclic) bond motifs is 1. The summed E-state index contributed by atoms with van der Waals surface area (Å²) in [6.07, 6.45) is 1.66. The molecule has 2 amide bonds. The first kappa shape index (κ1) is 20.5. The van der Waals surface area contributed by atoms with E-state index in [1.807, 2.05) is 68.1 Å². The molecule has 1 unspecified atom stereocenters. The van der Waals surface area contributed by atoms with E-state index in [0.717, 1.165) is 10.9 Å². The number of imide groups is 1. The van der Waals surface area contributed by atoms with Gasteiger partial charge in [-0.25, -0.2) is 0 Å². The van der Waals surface area contributed by atoms with E-state index in [1.54, 1.807) is 12.1 Å². The van der Waals surface area contributed by atoms with Crippen LogP contribution in [0.5, 0.6) is 5.75 Å². The number of aryl methyl sites for hydroxylation is 1. The molecule has 0 bridgehead atoms. The normalized spacial score (nSPS) is 20.3. The van der Waals surface area contributed by atoms with Crippen LogP contribution in [0.1, 0.15) is 25.0 Å². The molecule has 164 valence electrons. The Bertz CT molecular complexity index is 1270. The van der Waals surface area contributed by atoms with Crippen molar-refractivity contribution in [2.45, 2.75) is 25.7 Å². The molecule has 5 rings (SSSR count). The van der Waals surface area contributed by atoms with E-state index < -0.39 is 17.6 Å².